The molecule has 0 amide bonds. The summed E-state index contributed by atoms with van der Waals surface area (Å²) in [6.07, 6.45) is 1.16. The Labute approximate surface area is 192 Å². The van der Waals surface area contributed by atoms with E-state index in [-0.39, 0.29) is 29.1 Å². The van der Waals surface area contributed by atoms with Crippen molar-refractivity contribution in [1.29, 1.82) is 0 Å². The first-order valence-corrected chi connectivity index (χ1v) is 11.0. The highest BCUT2D eigenvalue weighted by molar-refractivity contribution is 7.21. The van der Waals surface area contributed by atoms with Gasteiger partial charge in [-0.1, -0.05) is 12.1 Å². The number of aryl methyl sites for hydroxylation is 2. The molecular formula is C26H18FNO4S. The van der Waals surface area contributed by atoms with Crippen LogP contribution in [-0.4, -0.2) is 21.0 Å². The highest BCUT2D eigenvalue weighted by atomic mass is 32.1. The standard InChI is InChI=1S/C26H18FNO4S/c1-13-9-17(27)10-14(2)22(13)24(31)25-23(19-8-7-18(29)11-20(19)33-25)15-3-5-16(6-4-15)26-28-21(30)12-32-26/h3-12,29-30H,1-2H3. The van der Waals surface area contributed by atoms with Gasteiger partial charge in [0.1, 0.15) is 11.6 Å². The van der Waals surface area contributed by atoms with Crippen LogP contribution in [0.25, 0.3) is 32.7 Å². The maximum absolute atomic E-state index is 13.8. The number of carbonyl (C=O) groups is 1. The third kappa shape index (κ3) is 3.66. The van der Waals surface area contributed by atoms with Crippen molar-refractivity contribution in [3.8, 4) is 34.2 Å². The minimum atomic E-state index is -0.379. The van der Waals surface area contributed by atoms with Gasteiger partial charge >= 0.3 is 0 Å². The second kappa shape index (κ2) is 7.86. The number of fused-ring (bicyclic) bond motifs is 1. The first-order chi connectivity index (χ1) is 15.8. The summed E-state index contributed by atoms with van der Waals surface area (Å²) in [6, 6.07) is 15.0. The van der Waals surface area contributed by atoms with Gasteiger partial charge in [-0.2, -0.15) is 4.98 Å². The largest absolute Gasteiger partial charge is 0.508 e. The molecule has 0 saturated carbocycles. The third-order valence-electron chi connectivity index (χ3n) is 5.52. The molecule has 0 spiro atoms. The van der Waals surface area contributed by atoms with Crippen molar-refractivity contribution < 1.29 is 23.8 Å². The Morgan fingerprint density at radius 2 is 1.64 bits per heavy atom. The number of carbonyl (C=O) groups excluding carboxylic acids is 1. The van der Waals surface area contributed by atoms with Crippen molar-refractivity contribution in [2.24, 2.45) is 0 Å². The van der Waals surface area contributed by atoms with E-state index in [4.69, 9.17) is 4.42 Å². The quantitative estimate of drug-likeness (QED) is 0.295. The molecule has 0 aliphatic rings. The summed E-state index contributed by atoms with van der Waals surface area (Å²) in [5.41, 5.74) is 3.83. The average molecular weight is 459 g/mol. The number of aromatic nitrogens is 1. The van der Waals surface area contributed by atoms with E-state index in [2.05, 4.69) is 4.98 Å². The Balaban J connectivity index is 1.69. The zero-order valence-corrected chi connectivity index (χ0v) is 18.5. The number of ketones is 1. The van der Waals surface area contributed by atoms with Crippen LogP contribution < -0.4 is 0 Å². The first-order valence-electron chi connectivity index (χ1n) is 10.1. The van der Waals surface area contributed by atoms with Crippen molar-refractivity contribution >= 4 is 27.2 Å². The molecule has 33 heavy (non-hydrogen) atoms. The lowest BCUT2D eigenvalue weighted by Gasteiger charge is -2.10. The summed E-state index contributed by atoms with van der Waals surface area (Å²) in [4.78, 5) is 18.1. The smallest absolute Gasteiger partial charge is 0.250 e. The van der Waals surface area contributed by atoms with Crippen LogP contribution in [0.5, 0.6) is 11.6 Å². The number of hydrogen-bond donors (Lipinski definition) is 2. The van der Waals surface area contributed by atoms with Crippen molar-refractivity contribution in [2.75, 3.05) is 0 Å². The molecule has 5 nitrogen and oxygen atoms in total. The van der Waals surface area contributed by atoms with Gasteiger partial charge in [0.2, 0.25) is 11.7 Å². The summed E-state index contributed by atoms with van der Waals surface area (Å²) in [6.45, 7) is 3.45. The number of nitrogens with zero attached hydrogens (tertiary/aromatic N) is 1. The van der Waals surface area contributed by atoms with Gasteiger partial charge in [-0.25, -0.2) is 4.39 Å². The molecule has 0 bridgehead atoms. The van der Waals surface area contributed by atoms with E-state index < -0.39 is 0 Å². The number of phenolic OH excluding ortho intramolecular Hbond substituents is 1. The van der Waals surface area contributed by atoms with Crippen LogP contribution in [0.2, 0.25) is 0 Å². The molecule has 2 heterocycles. The predicted molar refractivity (Wildman–Crippen MR) is 125 cm³/mol. The second-order valence-corrected chi connectivity index (χ2v) is 8.87. The van der Waals surface area contributed by atoms with E-state index in [1.54, 1.807) is 44.2 Å². The summed E-state index contributed by atoms with van der Waals surface area (Å²) in [7, 11) is 0. The van der Waals surface area contributed by atoms with E-state index in [1.165, 1.54) is 23.5 Å². The Morgan fingerprint density at radius 3 is 2.27 bits per heavy atom. The fraction of sp³-hybridized carbons (Fsp3) is 0.0769. The average Bonchev–Trinajstić information content (AvgIpc) is 3.36. The number of rotatable bonds is 4. The van der Waals surface area contributed by atoms with Crippen molar-refractivity contribution in [3.63, 3.8) is 0 Å². The molecule has 0 atom stereocenters. The molecule has 0 unspecified atom stereocenters. The first kappa shape index (κ1) is 20.9. The molecule has 5 rings (SSSR count). The molecule has 0 aliphatic heterocycles. The van der Waals surface area contributed by atoms with Crippen LogP contribution in [-0.2, 0) is 0 Å². The molecule has 5 aromatic rings. The number of phenols is 1. The monoisotopic (exact) mass is 459 g/mol. The SMILES string of the molecule is Cc1cc(F)cc(C)c1C(=O)c1sc2cc(O)ccc2c1-c1ccc(-c2nc(O)co2)cc1. The minimum Gasteiger partial charge on any atom is -0.508 e. The van der Waals surface area contributed by atoms with Gasteiger partial charge in [0.05, 0.1) is 4.88 Å². The number of halogens is 1. The zero-order chi connectivity index (χ0) is 23.3. The lowest BCUT2D eigenvalue weighted by Crippen LogP contribution is -2.06. The van der Waals surface area contributed by atoms with Gasteiger partial charge in [0, 0.05) is 26.8 Å². The number of oxazole rings is 1. The van der Waals surface area contributed by atoms with Gasteiger partial charge in [0.15, 0.2) is 6.26 Å². The molecule has 2 N–H and O–H groups in total. The molecule has 0 aliphatic carbocycles. The van der Waals surface area contributed by atoms with Crippen LogP contribution in [0.3, 0.4) is 0 Å². The second-order valence-electron chi connectivity index (χ2n) is 7.82. The number of hydrogen-bond acceptors (Lipinski definition) is 6. The van der Waals surface area contributed by atoms with E-state index in [9.17, 15) is 19.4 Å². The third-order valence-corrected chi connectivity index (χ3v) is 6.67. The molecule has 0 saturated heterocycles. The Hall–Kier alpha value is -3.97. The maximum atomic E-state index is 13.8. The fourth-order valence-corrected chi connectivity index (χ4v) is 5.30. The van der Waals surface area contributed by atoms with Crippen LogP contribution in [0.15, 0.2) is 65.3 Å². The number of benzene rings is 3. The van der Waals surface area contributed by atoms with Gasteiger partial charge in [-0.3, -0.25) is 4.79 Å². The molecule has 7 heteroatoms. The topological polar surface area (TPSA) is 83.6 Å². The predicted octanol–water partition coefficient (Wildman–Crippen LogP) is 6.62. The fourth-order valence-electron chi connectivity index (χ4n) is 4.09. The lowest BCUT2D eigenvalue weighted by atomic mass is 9.93. The molecule has 2 aromatic heterocycles. The Bertz CT molecular complexity index is 1510. The number of thiophene rings is 1. The molecular weight excluding hydrogens is 441 g/mol. The summed E-state index contributed by atoms with van der Waals surface area (Å²) in [5.74, 6) is -0.371. The zero-order valence-electron chi connectivity index (χ0n) is 17.7. The Morgan fingerprint density at radius 1 is 0.970 bits per heavy atom. The van der Waals surface area contributed by atoms with Gasteiger partial charge in [-0.15, -0.1) is 11.3 Å². The van der Waals surface area contributed by atoms with Gasteiger partial charge < -0.3 is 14.6 Å². The minimum absolute atomic E-state index is 0.113. The lowest BCUT2D eigenvalue weighted by molar-refractivity contribution is 0.104. The van der Waals surface area contributed by atoms with E-state index in [0.29, 0.717) is 27.1 Å². The molecule has 164 valence electrons. The van der Waals surface area contributed by atoms with Crippen LogP contribution in [0, 0.1) is 19.7 Å². The highest BCUT2D eigenvalue weighted by Gasteiger charge is 2.24. The summed E-state index contributed by atoms with van der Waals surface area (Å²) in [5, 5.41) is 20.3. The van der Waals surface area contributed by atoms with Gasteiger partial charge in [0.25, 0.3) is 5.88 Å². The normalized spacial score (nSPS) is 11.2. The Kier molecular flexibility index (Phi) is 4.98. The van der Waals surface area contributed by atoms with Crippen LogP contribution >= 0.6 is 11.3 Å². The van der Waals surface area contributed by atoms with Crippen molar-refractivity contribution in [3.05, 3.63) is 88.2 Å². The summed E-state index contributed by atoms with van der Waals surface area (Å²) >= 11 is 1.29. The van der Waals surface area contributed by atoms with Crippen molar-refractivity contribution in [2.45, 2.75) is 13.8 Å². The maximum Gasteiger partial charge on any atom is 0.250 e. The number of aromatic hydroxyl groups is 2. The van der Waals surface area contributed by atoms with E-state index in [0.717, 1.165) is 27.5 Å². The summed E-state index contributed by atoms with van der Waals surface area (Å²) < 4.78 is 19.9. The van der Waals surface area contributed by atoms with Crippen molar-refractivity contribution in [1.82, 2.24) is 4.98 Å². The molecule has 0 radical (unpaired) electrons. The van der Waals surface area contributed by atoms with E-state index >= 15 is 0 Å². The van der Waals surface area contributed by atoms with Crippen LogP contribution in [0.4, 0.5) is 4.39 Å². The molecule has 0 fully saturated rings. The molecule has 3 aromatic carbocycles. The van der Waals surface area contributed by atoms with Gasteiger partial charge in [-0.05, 0) is 73.0 Å². The van der Waals surface area contributed by atoms with E-state index in [1.807, 2.05) is 12.1 Å². The highest BCUT2D eigenvalue weighted by Crippen LogP contribution is 2.42. The van der Waals surface area contributed by atoms with Crippen LogP contribution in [0.1, 0.15) is 26.4 Å².